The molecule has 0 amide bonds. The molecule has 0 bridgehead atoms. The number of nitrogens with one attached hydrogen (secondary N) is 1. The van der Waals surface area contributed by atoms with Gasteiger partial charge in [0.25, 0.3) is 0 Å². The van der Waals surface area contributed by atoms with Gasteiger partial charge in [0.1, 0.15) is 5.82 Å². The van der Waals surface area contributed by atoms with Gasteiger partial charge in [0.2, 0.25) is 0 Å². The molecule has 1 N–H and O–H groups in total. The van der Waals surface area contributed by atoms with Gasteiger partial charge < -0.3 is 5.32 Å². The van der Waals surface area contributed by atoms with Gasteiger partial charge in [-0.25, -0.2) is 4.39 Å². The van der Waals surface area contributed by atoms with Crippen LogP contribution in [0.15, 0.2) is 12.1 Å². The maximum absolute atomic E-state index is 13.2. The molecule has 0 aromatic heterocycles. The number of benzene rings is 1. The summed E-state index contributed by atoms with van der Waals surface area (Å²) in [5.41, 5.74) is 3.42. The van der Waals surface area contributed by atoms with Crippen LogP contribution in [0.25, 0.3) is 0 Å². The fourth-order valence-electron chi connectivity index (χ4n) is 2.80. The minimum absolute atomic E-state index is 0.127. The quantitative estimate of drug-likeness (QED) is 0.825. The van der Waals surface area contributed by atoms with Crippen molar-refractivity contribution in [1.82, 2.24) is 5.32 Å². The van der Waals surface area contributed by atoms with Gasteiger partial charge in [-0.1, -0.05) is 6.92 Å². The summed E-state index contributed by atoms with van der Waals surface area (Å²) in [5, 5.41) is 3.39. The van der Waals surface area contributed by atoms with E-state index in [0.29, 0.717) is 12.0 Å². The molecule has 0 saturated heterocycles. The molecule has 3 unspecified atom stereocenters. The molecule has 1 saturated carbocycles. The van der Waals surface area contributed by atoms with Gasteiger partial charge in [-0.05, 0) is 68.0 Å². The Labute approximate surface area is 97.1 Å². The molecule has 3 atom stereocenters. The SMILES string of the molecule is CNC(c1c(C)cc(F)cc1C)C1CC1C. The first-order valence-corrected chi connectivity index (χ1v) is 5.98. The molecular formula is C14H20FN. The molecule has 2 heteroatoms. The second-order valence-corrected chi connectivity index (χ2v) is 5.10. The maximum Gasteiger partial charge on any atom is 0.123 e. The first-order chi connectivity index (χ1) is 7.54. The molecule has 2 rings (SSSR count). The molecule has 1 aromatic carbocycles. The number of aryl methyl sites for hydroxylation is 2. The van der Waals surface area contributed by atoms with Crippen molar-refractivity contribution in [3.8, 4) is 0 Å². The van der Waals surface area contributed by atoms with Crippen LogP contribution in [0, 0.1) is 31.5 Å². The van der Waals surface area contributed by atoms with E-state index in [2.05, 4.69) is 12.2 Å². The van der Waals surface area contributed by atoms with Crippen LogP contribution in [0.3, 0.4) is 0 Å². The van der Waals surface area contributed by atoms with E-state index < -0.39 is 0 Å². The van der Waals surface area contributed by atoms with Crippen LogP contribution in [-0.4, -0.2) is 7.05 Å². The zero-order chi connectivity index (χ0) is 11.9. The largest absolute Gasteiger partial charge is 0.313 e. The molecule has 0 aliphatic heterocycles. The smallest absolute Gasteiger partial charge is 0.123 e. The first-order valence-electron chi connectivity index (χ1n) is 5.98. The minimum Gasteiger partial charge on any atom is -0.313 e. The summed E-state index contributed by atoms with van der Waals surface area (Å²) in [4.78, 5) is 0. The van der Waals surface area contributed by atoms with Crippen molar-refractivity contribution in [1.29, 1.82) is 0 Å². The van der Waals surface area contributed by atoms with Gasteiger partial charge in [0, 0.05) is 6.04 Å². The van der Waals surface area contributed by atoms with E-state index in [-0.39, 0.29) is 5.82 Å². The normalized spacial score (nSPS) is 25.6. The minimum atomic E-state index is -0.127. The van der Waals surface area contributed by atoms with Gasteiger partial charge >= 0.3 is 0 Å². The zero-order valence-electron chi connectivity index (χ0n) is 10.5. The van der Waals surface area contributed by atoms with Gasteiger partial charge in [0.05, 0.1) is 0 Å². The van der Waals surface area contributed by atoms with Crippen LogP contribution in [0.2, 0.25) is 0 Å². The van der Waals surface area contributed by atoms with Gasteiger partial charge in [-0.3, -0.25) is 0 Å². The van der Waals surface area contributed by atoms with E-state index in [1.165, 1.54) is 12.0 Å². The summed E-state index contributed by atoms with van der Waals surface area (Å²) in [6.45, 7) is 6.29. The third-order valence-corrected chi connectivity index (χ3v) is 3.78. The highest BCUT2D eigenvalue weighted by atomic mass is 19.1. The summed E-state index contributed by atoms with van der Waals surface area (Å²) in [6.07, 6.45) is 1.28. The van der Waals surface area contributed by atoms with Crippen molar-refractivity contribution in [2.75, 3.05) is 7.05 Å². The molecule has 0 radical (unpaired) electrons. The number of hydrogen-bond acceptors (Lipinski definition) is 1. The van der Waals surface area contributed by atoms with Gasteiger partial charge in [-0.2, -0.15) is 0 Å². The predicted molar refractivity (Wildman–Crippen MR) is 64.9 cm³/mol. The lowest BCUT2D eigenvalue weighted by atomic mass is 9.92. The van der Waals surface area contributed by atoms with Crippen LogP contribution in [-0.2, 0) is 0 Å². The first kappa shape index (κ1) is 11.6. The second kappa shape index (κ2) is 4.17. The third-order valence-electron chi connectivity index (χ3n) is 3.78. The number of hydrogen-bond donors (Lipinski definition) is 1. The van der Waals surface area contributed by atoms with E-state index >= 15 is 0 Å². The van der Waals surface area contributed by atoms with E-state index in [1.54, 1.807) is 12.1 Å². The topological polar surface area (TPSA) is 12.0 Å². The molecule has 1 fully saturated rings. The lowest BCUT2D eigenvalue weighted by Crippen LogP contribution is -2.21. The highest BCUT2D eigenvalue weighted by Gasteiger charge is 2.40. The van der Waals surface area contributed by atoms with Crippen molar-refractivity contribution >= 4 is 0 Å². The average Bonchev–Trinajstić information content (AvgIpc) is 2.88. The average molecular weight is 221 g/mol. The fraction of sp³-hybridized carbons (Fsp3) is 0.571. The molecule has 1 aromatic rings. The van der Waals surface area contributed by atoms with Crippen LogP contribution < -0.4 is 5.32 Å². The highest BCUT2D eigenvalue weighted by molar-refractivity contribution is 5.38. The predicted octanol–water partition coefficient (Wildman–Crippen LogP) is 3.36. The van der Waals surface area contributed by atoms with E-state index in [1.807, 2.05) is 20.9 Å². The van der Waals surface area contributed by atoms with Crippen molar-refractivity contribution in [2.45, 2.75) is 33.2 Å². The number of halogens is 1. The Morgan fingerprint density at radius 2 is 1.81 bits per heavy atom. The van der Waals surface area contributed by atoms with Crippen molar-refractivity contribution < 1.29 is 4.39 Å². The summed E-state index contributed by atoms with van der Waals surface area (Å²) in [7, 11) is 2.00. The molecule has 16 heavy (non-hydrogen) atoms. The Morgan fingerprint density at radius 3 is 2.19 bits per heavy atom. The molecule has 1 aliphatic rings. The van der Waals surface area contributed by atoms with Crippen molar-refractivity contribution in [2.24, 2.45) is 11.8 Å². The molecule has 0 heterocycles. The Morgan fingerprint density at radius 1 is 1.31 bits per heavy atom. The fourth-order valence-corrected chi connectivity index (χ4v) is 2.80. The van der Waals surface area contributed by atoms with Crippen LogP contribution in [0.1, 0.15) is 36.1 Å². The monoisotopic (exact) mass is 221 g/mol. The standard InChI is InChI=1S/C14H20FN/c1-8-7-12(8)14(16-4)13-9(2)5-11(15)6-10(13)3/h5-6,8,12,14,16H,7H2,1-4H3. The molecule has 1 nitrogen and oxygen atoms in total. The Balaban J connectivity index is 2.38. The Hall–Kier alpha value is -0.890. The van der Waals surface area contributed by atoms with Crippen LogP contribution >= 0.6 is 0 Å². The highest BCUT2D eigenvalue weighted by Crippen LogP contribution is 2.48. The molecule has 1 aliphatic carbocycles. The Bertz CT molecular complexity index is 377. The molecular weight excluding hydrogens is 201 g/mol. The van der Waals surface area contributed by atoms with Crippen LogP contribution in [0.4, 0.5) is 4.39 Å². The maximum atomic E-state index is 13.2. The zero-order valence-corrected chi connectivity index (χ0v) is 10.5. The van der Waals surface area contributed by atoms with Gasteiger partial charge in [-0.15, -0.1) is 0 Å². The summed E-state index contributed by atoms with van der Waals surface area (Å²) in [6, 6.07) is 3.66. The third kappa shape index (κ3) is 1.99. The summed E-state index contributed by atoms with van der Waals surface area (Å²) in [5.74, 6) is 1.38. The summed E-state index contributed by atoms with van der Waals surface area (Å²) < 4.78 is 13.2. The van der Waals surface area contributed by atoms with Crippen LogP contribution in [0.5, 0.6) is 0 Å². The Kier molecular flexibility index (Phi) is 3.02. The molecule has 0 spiro atoms. The van der Waals surface area contributed by atoms with Crippen molar-refractivity contribution in [3.63, 3.8) is 0 Å². The lowest BCUT2D eigenvalue weighted by molar-refractivity contribution is 0.498. The molecule has 88 valence electrons. The van der Waals surface area contributed by atoms with E-state index in [0.717, 1.165) is 17.0 Å². The van der Waals surface area contributed by atoms with E-state index in [4.69, 9.17) is 0 Å². The second-order valence-electron chi connectivity index (χ2n) is 5.10. The van der Waals surface area contributed by atoms with E-state index in [9.17, 15) is 4.39 Å². The lowest BCUT2D eigenvalue weighted by Gasteiger charge is -2.21. The van der Waals surface area contributed by atoms with Crippen molar-refractivity contribution in [3.05, 3.63) is 34.6 Å². The number of rotatable bonds is 3. The summed E-state index contributed by atoms with van der Waals surface area (Å²) >= 11 is 0. The van der Waals surface area contributed by atoms with Gasteiger partial charge in [0.15, 0.2) is 0 Å².